The Bertz CT molecular complexity index is 553. The minimum absolute atomic E-state index is 0. The van der Waals surface area contributed by atoms with Crippen LogP contribution < -0.4 is 10.6 Å². The van der Waals surface area contributed by atoms with Crippen molar-refractivity contribution in [1.29, 1.82) is 0 Å². The Morgan fingerprint density at radius 1 is 1.43 bits per heavy atom. The molecule has 0 aliphatic heterocycles. The predicted molar refractivity (Wildman–Crippen MR) is 101 cm³/mol. The molecule has 7 nitrogen and oxygen atoms in total. The van der Waals surface area contributed by atoms with Crippen molar-refractivity contribution in [2.45, 2.75) is 19.4 Å². The second kappa shape index (κ2) is 11.7. The molecule has 2 rings (SSSR count). The summed E-state index contributed by atoms with van der Waals surface area (Å²) in [5.74, 6) is 1.74. The first-order chi connectivity index (χ1) is 10.9. The standard InChI is InChI=1S/C15H22N6O.HI/c1-2-7-16-15(18-9-6-14-5-3-13-22-14)17-8-4-11-21-12-10-19-20-21;/h2-3,5,10,12-13H,1,4,6-9,11H2,(H2,16,17,18);1H. The van der Waals surface area contributed by atoms with Crippen molar-refractivity contribution in [3.63, 3.8) is 0 Å². The quantitative estimate of drug-likeness (QED) is 0.209. The topological polar surface area (TPSA) is 80.3 Å². The highest BCUT2D eigenvalue weighted by Gasteiger charge is 1.99. The first-order valence-electron chi connectivity index (χ1n) is 7.38. The first-order valence-corrected chi connectivity index (χ1v) is 7.38. The third-order valence-electron chi connectivity index (χ3n) is 2.94. The van der Waals surface area contributed by atoms with Crippen LogP contribution in [0.15, 0.2) is 52.9 Å². The lowest BCUT2D eigenvalue weighted by Gasteiger charge is -2.10. The zero-order chi connectivity index (χ0) is 15.5. The van der Waals surface area contributed by atoms with Crippen molar-refractivity contribution in [2.24, 2.45) is 4.99 Å². The van der Waals surface area contributed by atoms with Crippen molar-refractivity contribution in [1.82, 2.24) is 25.6 Å². The largest absolute Gasteiger partial charge is 0.469 e. The number of nitrogens with zero attached hydrogens (tertiary/aromatic N) is 4. The Kier molecular flexibility index (Phi) is 9.76. The SMILES string of the molecule is C=CCNC(=NCCCn1ccnn1)NCCc1ccco1.I. The maximum Gasteiger partial charge on any atom is 0.191 e. The molecule has 0 aliphatic carbocycles. The summed E-state index contributed by atoms with van der Waals surface area (Å²) in [5, 5.41) is 14.2. The molecule has 2 aromatic rings. The van der Waals surface area contributed by atoms with Gasteiger partial charge in [0.25, 0.3) is 0 Å². The molecule has 2 heterocycles. The third-order valence-corrected chi connectivity index (χ3v) is 2.94. The zero-order valence-electron chi connectivity index (χ0n) is 13.0. The first kappa shape index (κ1) is 19.2. The Hall–Kier alpha value is -1.84. The second-order valence-electron chi connectivity index (χ2n) is 4.68. The fourth-order valence-electron chi connectivity index (χ4n) is 1.88. The highest BCUT2D eigenvalue weighted by atomic mass is 127. The molecule has 0 fully saturated rings. The number of aryl methyl sites for hydroxylation is 1. The molecule has 0 spiro atoms. The molecule has 0 radical (unpaired) electrons. The van der Waals surface area contributed by atoms with E-state index >= 15 is 0 Å². The number of guanidine groups is 1. The van der Waals surface area contributed by atoms with E-state index in [1.54, 1.807) is 23.2 Å². The number of aliphatic imine (C=N–C) groups is 1. The molecule has 0 unspecified atom stereocenters. The van der Waals surface area contributed by atoms with Crippen LogP contribution in [0, 0.1) is 0 Å². The van der Waals surface area contributed by atoms with Gasteiger partial charge in [-0.2, -0.15) is 0 Å². The van der Waals surface area contributed by atoms with E-state index in [1.807, 2.05) is 18.3 Å². The van der Waals surface area contributed by atoms with Crippen LogP contribution in [0.2, 0.25) is 0 Å². The average Bonchev–Trinajstić information content (AvgIpc) is 3.21. The Morgan fingerprint density at radius 3 is 3.04 bits per heavy atom. The summed E-state index contributed by atoms with van der Waals surface area (Å²) < 4.78 is 7.11. The lowest BCUT2D eigenvalue weighted by atomic mass is 10.3. The van der Waals surface area contributed by atoms with E-state index in [4.69, 9.17) is 4.42 Å². The van der Waals surface area contributed by atoms with E-state index in [2.05, 4.69) is 32.5 Å². The number of aromatic nitrogens is 3. The highest BCUT2D eigenvalue weighted by Crippen LogP contribution is 1.99. The van der Waals surface area contributed by atoms with Gasteiger partial charge in [-0.15, -0.1) is 35.7 Å². The number of nitrogens with one attached hydrogen (secondary N) is 2. The Labute approximate surface area is 153 Å². The molecule has 0 aliphatic rings. The van der Waals surface area contributed by atoms with E-state index in [0.29, 0.717) is 13.1 Å². The van der Waals surface area contributed by atoms with E-state index in [-0.39, 0.29) is 24.0 Å². The van der Waals surface area contributed by atoms with Crippen LogP contribution in [-0.4, -0.2) is 40.6 Å². The molecule has 8 heteroatoms. The minimum atomic E-state index is 0. The number of furan rings is 1. The van der Waals surface area contributed by atoms with Crippen LogP contribution in [0.4, 0.5) is 0 Å². The van der Waals surface area contributed by atoms with E-state index in [1.165, 1.54) is 0 Å². The normalized spacial score (nSPS) is 10.9. The number of rotatable bonds is 9. The number of hydrogen-bond donors (Lipinski definition) is 2. The maximum absolute atomic E-state index is 5.30. The van der Waals surface area contributed by atoms with Crippen LogP contribution in [0.5, 0.6) is 0 Å². The van der Waals surface area contributed by atoms with Gasteiger partial charge < -0.3 is 15.1 Å². The molecular weight excluding hydrogens is 407 g/mol. The van der Waals surface area contributed by atoms with Gasteiger partial charge in [-0.25, -0.2) is 0 Å². The van der Waals surface area contributed by atoms with Gasteiger partial charge in [0.2, 0.25) is 0 Å². The minimum Gasteiger partial charge on any atom is -0.469 e. The summed E-state index contributed by atoms with van der Waals surface area (Å²) in [6.07, 6.45) is 8.74. The van der Waals surface area contributed by atoms with Crippen LogP contribution in [0.1, 0.15) is 12.2 Å². The van der Waals surface area contributed by atoms with Gasteiger partial charge in [0.05, 0.1) is 12.5 Å². The zero-order valence-corrected chi connectivity index (χ0v) is 15.3. The maximum atomic E-state index is 5.30. The van der Waals surface area contributed by atoms with Gasteiger partial charge in [-0.3, -0.25) is 9.67 Å². The highest BCUT2D eigenvalue weighted by molar-refractivity contribution is 14.0. The summed E-state index contributed by atoms with van der Waals surface area (Å²) >= 11 is 0. The fraction of sp³-hybridized carbons (Fsp3) is 0.400. The van der Waals surface area contributed by atoms with Gasteiger partial charge in [-0.1, -0.05) is 11.3 Å². The van der Waals surface area contributed by atoms with Crippen molar-refractivity contribution in [3.8, 4) is 0 Å². The Morgan fingerprint density at radius 2 is 2.35 bits per heavy atom. The lowest BCUT2D eigenvalue weighted by molar-refractivity contribution is 0.506. The smallest absolute Gasteiger partial charge is 0.191 e. The van der Waals surface area contributed by atoms with Crippen molar-refractivity contribution in [3.05, 3.63) is 49.2 Å². The molecule has 2 aromatic heterocycles. The lowest BCUT2D eigenvalue weighted by Crippen LogP contribution is -2.38. The van der Waals surface area contributed by atoms with Crippen LogP contribution in [0.3, 0.4) is 0 Å². The molecule has 126 valence electrons. The Balaban J connectivity index is 0.00000264. The summed E-state index contributed by atoms with van der Waals surface area (Å²) in [7, 11) is 0. The fourth-order valence-corrected chi connectivity index (χ4v) is 1.88. The molecule has 0 amide bonds. The van der Waals surface area contributed by atoms with Crippen molar-refractivity contribution >= 4 is 29.9 Å². The molecular formula is C15H23IN6O. The van der Waals surface area contributed by atoms with Crippen LogP contribution in [-0.2, 0) is 13.0 Å². The third kappa shape index (κ3) is 7.82. The van der Waals surface area contributed by atoms with Crippen LogP contribution in [0.25, 0.3) is 0 Å². The number of hydrogen-bond acceptors (Lipinski definition) is 4. The predicted octanol–water partition coefficient (Wildman–Crippen LogP) is 1.84. The van der Waals surface area contributed by atoms with Crippen molar-refractivity contribution in [2.75, 3.05) is 19.6 Å². The van der Waals surface area contributed by atoms with Gasteiger partial charge >= 0.3 is 0 Å². The summed E-state index contributed by atoms with van der Waals surface area (Å²) in [6, 6.07) is 3.86. The van der Waals surface area contributed by atoms with Crippen molar-refractivity contribution < 1.29 is 4.42 Å². The number of halogens is 1. The van der Waals surface area contributed by atoms with Gasteiger partial charge in [0, 0.05) is 38.8 Å². The molecule has 0 saturated carbocycles. The van der Waals surface area contributed by atoms with E-state index in [9.17, 15) is 0 Å². The van der Waals surface area contributed by atoms with Gasteiger partial charge in [0.15, 0.2) is 5.96 Å². The van der Waals surface area contributed by atoms with E-state index in [0.717, 1.165) is 37.7 Å². The molecule has 0 bridgehead atoms. The van der Waals surface area contributed by atoms with Gasteiger partial charge in [0.1, 0.15) is 5.76 Å². The molecule has 0 aromatic carbocycles. The summed E-state index contributed by atoms with van der Waals surface area (Å²) in [5.41, 5.74) is 0. The second-order valence-corrected chi connectivity index (χ2v) is 4.68. The average molecular weight is 430 g/mol. The van der Waals surface area contributed by atoms with Crippen LogP contribution >= 0.6 is 24.0 Å². The van der Waals surface area contributed by atoms with E-state index < -0.39 is 0 Å². The molecule has 0 saturated heterocycles. The summed E-state index contributed by atoms with van der Waals surface area (Å²) in [4.78, 5) is 4.53. The summed E-state index contributed by atoms with van der Waals surface area (Å²) in [6.45, 7) is 6.67. The monoisotopic (exact) mass is 430 g/mol. The van der Waals surface area contributed by atoms with Gasteiger partial charge in [-0.05, 0) is 18.6 Å². The molecule has 0 atom stereocenters. The molecule has 2 N–H and O–H groups in total. The molecule has 23 heavy (non-hydrogen) atoms.